The van der Waals surface area contributed by atoms with Crippen molar-refractivity contribution in [2.45, 2.75) is 24.4 Å². The van der Waals surface area contributed by atoms with E-state index in [1.165, 1.54) is 6.07 Å². The summed E-state index contributed by atoms with van der Waals surface area (Å²) >= 11 is 3.22. The molecule has 2 N–H and O–H groups in total. The molecule has 0 heterocycles. The smallest absolute Gasteiger partial charge is 0.243 e. The highest BCUT2D eigenvalue weighted by atomic mass is 79.9. The van der Waals surface area contributed by atoms with E-state index in [0.29, 0.717) is 16.6 Å². The zero-order valence-electron chi connectivity index (χ0n) is 12.6. The van der Waals surface area contributed by atoms with Gasteiger partial charge in [-0.05, 0) is 40.2 Å². The molecule has 0 aliphatic carbocycles. The van der Waals surface area contributed by atoms with Crippen molar-refractivity contribution in [2.75, 3.05) is 27.7 Å². The number of nitrogens with one attached hydrogen (secondary N) is 2. The molecule has 0 saturated carbocycles. The van der Waals surface area contributed by atoms with Crippen molar-refractivity contribution in [2.24, 2.45) is 0 Å². The van der Waals surface area contributed by atoms with Crippen molar-refractivity contribution < 1.29 is 12.8 Å². The Hall–Kier alpha value is -0.540. The second-order valence-corrected chi connectivity index (χ2v) is 7.79. The van der Waals surface area contributed by atoms with E-state index in [2.05, 4.69) is 26.0 Å². The summed E-state index contributed by atoms with van der Waals surface area (Å²) in [6.07, 6.45) is 0. The lowest BCUT2D eigenvalue weighted by Gasteiger charge is -2.19. The fourth-order valence-corrected chi connectivity index (χ4v) is 4.08. The van der Waals surface area contributed by atoms with Crippen LogP contribution in [0.1, 0.15) is 12.5 Å². The van der Waals surface area contributed by atoms with Gasteiger partial charge in [-0.25, -0.2) is 17.5 Å². The Morgan fingerprint density at radius 3 is 2.52 bits per heavy atom. The molecule has 0 aliphatic rings. The Bertz CT molecular complexity index is 593. The first-order valence-corrected chi connectivity index (χ1v) is 8.74. The molecule has 8 heteroatoms. The summed E-state index contributed by atoms with van der Waals surface area (Å²) in [6, 6.07) is 2.52. The third-order valence-electron chi connectivity index (χ3n) is 2.73. The van der Waals surface area contributed by atoms with Gasteiger partial charge in [0.05, 0.1) is 0 Å². The quantitative estimate of drug-likeness (QED) is 0.751. The zero-order chi connectivity index (χ0) is 16.2. The fourth-order valence-electron chi connectivity index (χ4n) is 2.05. The van der Waals surface area contributed by atoms with E-state index in [9.17, 15) is 12.8 Å². The number of sulfonamides is 1. The fraction of sp³-hybridized carbons (Fsp3) is 0.538. The van der Waals surface area contributed by atoms with Crippen molar-refractivity contribution in [3.05, 3.63) is 28.0 Å². The maximum Gasteiger partial charge on any atom is 0.243 e. The lowest BCUT2D eigenvalue weighted by molar-refractivity contribution is 0.370. The first-order valence-electron chi connectivity index (χ1n) is 6.47. The highest BCUT2D eigenvalue weighted by molar-refractivity contribution is 9.10. The van der Waals surface area contributed by atoms with Crippen LogP contribution in [0.2, 0.25) is 0 Å². The lowest BCUT2D eigenvalue weighted by Crippen LogP contribution is -2.39. The first-order chi connectivity index (χ1) is 9.67. The van der Waals surface area contributed by atoms with E-state index >= 15 is 0 Å². The van der Waals surface area contributed by atoms with Gasteiger partial charge in [-0.3, -0.25) is 0 Å². The molecule has 21 heavy (non-hydrogen) atoms. The van der Waals surface area contributed by atoms with Gasteiger partial charge >= 0.3 is 0 Å². The summed E-state index contributed by atoms with van der Waals surface area (Å²) in [4.78, 5) is 1.52. The number of hydrogen-bond donors (Lipinski definition) is 2. The van der Waals surface area contributed by atoms with Crippen LogP contribution in [-0.4, -0.2) is 47.0 Å². The maximum atomic E-state index is 14.4. The number of nitrogens with zero attached hydrogens (tertiary/aromatic N) is 1. The molecule has 1 atom stereocenters. The predicted octanol–water partition coefficient (Wildman–Crippen LogP) is 1.54. The summed E-state index contributed by atoms with van der Waals surface area (Å²) < 4.78 is 42.1. The average molecular weight is 382 g/mol. The average Bonchev–Trinajstić information content (AvgIpc) is 2.31. The first kappa shape index (κ1) is 18.5. The van der Waals surface area contributed by atoms with Crippen LogP contribution in [0.15, 0.2) is 21.5 Å². The van der Waals surface area contributed by atoms with Crippen molar-refractivity contribution >= 4 is 26.0 Å². The van der Waals surface area contributed by atoms with Crippen LogP contribution in [-0.2, 0) is 16.6 Å². The van der Waals surface area contributed by atoms with Crippen LogP contribution >= 0.6 is 15.9 Å². The van der Waals surface area contributed by atoms with E-state index in [0.717, 1.165) is 0 Å². The predicted molar refractivity (Wildman–Crippen MR) is 85.2 cm³/mol. The van der Waals surface area contributed by atoms with Crippen LogP contribution in [0.3, 0.4) is 0 Å². The number of halogens is 2. The molecule has 0 bridgehead atoms. The van der Waals surface area contributed by atoms with Gasteiger partial charge in [0.2, 0.25) is 10.0 Å². The summed E-state index contributed by atoms with van der Waals surface area (Å²) in [5.41, 5.74) is 0.299. The molecule has 0 amide bonds. The molecule has 5 nitrogen and oxygen atoms in total. The van der Waals surface area contributed by atoms with Gasteiger partial charge in [-0.2, -0.15) is 0 Å². The monoisotopic (exact) mass is 381 g/mol. The number of benzene rings is 1. The van der Waals surface area contributed by atoms with Crippen molar-refractivity contribution in [3.63, 3.8) is 0 Å². The van der Waals surface area contributed by atoms with Gasteiger partial charge in [0.25, 0.3) is 0 Å². The van der Waals surface area contributed by atoms with Gasteiger partial charge in [-0.15, -0.1) is 0 Å². The molecule has 1 aromatic rings. The standard InChI is InChI=1S/C13H21BrFN3O2S/c1-9(8-18(3)4)17-21(19,20)12-6-11(14)5-10(7-16-2)13(12)15/h5-6,9,16-17H,7-8H2,1-4H3. The van der Waals surface area contributed by atoms with Gasteiger partial charge in [-0.1, -0.05) is 15.9 Å². The van der Waals surface area contributed by atoms with E-state index in [4.69, 9.17) is 0 Å². The van der Waals surface area contributed by atoms with Crippen molar-refractivity contribution in [1.82, 2.24) is 14.9 Å². The van der Waals surface area contributed by atoms with Gasteiger partial charge in [0, 0.05) is 29.2 Å². The number of hydrogen-bond acceptors (Lipinski definition) is 4. The van der Waals surface area contributed by atoms with Crippen LogP contribution in [0.25, 0.3) is 0 Å². The van der Waals surface area contributed by atoms with Crippen LogP contribution in [0.5, 0.6) is 0 Å². The Morgan fingerprint density at radius 2 is 2.00 bits per heavy atom. The summed E-state index contributed by atoms with van der Waals surface area (Å²) in [5.74, 6) is -0.725. The third kappa shape index (κ3) is 5.30. The molecule has 0 fully saturated rings. The summed E-state index contributed by atoms with van der Waals surface area (Å²) in [7, 11) is 1.45. The second-order valence-electron chi connectivity index (χ2n) is 5.19. The van der Waals surface area contributed by atoms with Crippen LogP contribution in [0, 0.1) is 5.82 Å². The molecular weight excluding hydrogens is 361 g/mol. The highest BCUT2D eigenvalue weighted by Gasteiger charge is 2.24. The minimum Gasteiger partial charge on any atom is -0.316 e. The summed E-state index contributed by atoms with van der Waals surface area (Å²) in [6.45, 7) is 2.52. The van der Waals surface area contributed by atoms with E-state index in [1.54, 1.807) is 20.0 Å². The zero-order valence-corrected chi connectivity index (χ0v) is 15.0. The number of likely N-dealkylation sites (N-methyl/N-ethyl adjacent to an activating group) is 1. The van der Waals surface area contributed by atoms with E-state index in [-0.39, 0.29) is 17.5 Å². The van der Waals surface area contributed by atoms with Crippen LogP contribution in [0.4, 0.5) is 4.39 Å². The number of rotatable bonds is 7. The van der Waals surface area contributed by atoms with Gasteiger partial charge in [0.15, 0.2) is 0 Å². The molecule has 120 valence electrons. The molecule has 0 spiro atoms. The molecule has 1 aromatic carbocycles. The molecule has 0 saturated heterocycles. The maximum absolute atomic E-state index is 14.4. The third-order valence-corrected chi connectivity index (χ3v) is 4.78. The van der Waals surface area contributed by atoms with Gasteiger partial charge < -0.3 is 10.2 Å². The Kier molecular flexibility index (Phi) is 6.73. The molecule has 0 aliphatic heterocycles. The molecule has 1 unspecified atom stereocenters. The Balaban J connectivity index is 3.13. The summed E-state index contributed by atoms with van der Waals surface area (Å²) in [5, 5.41) is 2.81. The topological polar surface area (TPSA) is 61.4 Å². The van der Waals surface area contributed by atoms with Crippen molar-refractivity contribution in [3.8, 4) is 0 Å². The normalized spacial score (nSPS) is 13.7. The second kappa shape index (κ2) is 7.64. The highest BCUT2D eigenvalue weighted by Crippen LogP contribution is 2.24. The minimum atomic E-state index is -3.91. The minimum absolute atomic E-state index is 0.251. The molecule has 1 rings (SSSR count). The Labute approximate surface area is 134 Å². The van der Waals surface area contributed by atoms with E-state index < -0.39 is 15.8 Å². The van der Waals surface area contributed by atoms with Gasteiger partial charge in [0.1, 0.15) is 10.7 Å². The molecule has 0 radical (unpaired) electrons. The lowest BCUT2D eigenvalue weighted by atomic mass is 10.2. The largest absolute Gasteiger partial charge is 0.316 e. The Morgan fingerprint density at radius 1 is 1.38 bits per heavy atom. The SMILES string of the molecule is CNCc1cc(Br)cc(S(=O)(=O)NC(C)CN(C)C)c1F. The van der Waals surface area contributed by atoms with Crippen LogP contribution < -0.4 is 10.0 Å². The molecular formula is C13H21BrFN3O2S. The van der Waals surface area contributed by atoms with Crippen molar-refractivity contribution in [1.29, 1.82) is 0 Å². The van der Waals surface area contributed by atoms with E-state index in [1.807, 2.05) is 19.0 Å². The molecule has 0 aromatic heterocycles.